The number of benzene rings is 2. The zero-order valence-electron chi connectivity index (χ0n) is 12.9. The van der Waals surface area contributed by atoms with Gasteiger partial charge in [0.05, 0.1) is 12.1 Å². The summed E-state index contributed by atoms with van der Waals surface area (Å²) < 4.78 is 0. The van der Waals surface area contributed by atoms with E-state index in [9.17, 15) is 0 Å². The van der Waals surface area contributed by atoms with Crippen LogP contribution in [0.25, 0.3) is 0 Å². The van der Waals surface area contributed by atoms with Crippen LogP contribution in [0.15, 0.2) is 60.7 Å². The molecular weight excluding hydrogens is 268 g/mol. The molecule has 2 N–H and O–H groups in total. The summed E-state index contributed by atoms with van der Waals surface area (Å²) in [6.45, 7) is 0. The van der Waals surface area contributed by atoms with Crippen LogP contribution in [0.2, 0.25) is 0 Å². The molecule has 4 atom stereocenters. The summed E-state index contributed by atoms with van der Waals surface area (Å²) >= 11 is 0. The maximum Gasteiger partial charge on any atom is 0.0521 e. The molecule has 22 heavy (non-hydrogen) atoms. The van der Waals surface area contributed by atoms with Crippen molar-refractivity contribution in [2.75, 3.05) is 0 Å². The number of nitrogens with one attached hydrogen (secondary N) is 2. The molecule has 4 rings (SSSR count). The van der Waals surface area contributed by atoms with E-state index in [2.05, 4.69) is 71.3 Å². The molecule has 0 aromatic heterocycles. The Labute approximate surface area is 132 Å². The largest absolute Gasteiger partial charge is 0.304 e. The van der Waals surface area contributed by atoms with Crippen molar-refractivity contribution in [3.8, 4) is 0 Å². The van der Waals surface area contributed by atoms with Crippen LogP contribution >= 0.6 is 0 Å². The molecule has 0 spiro atoms. The second-order valence-electron chi connectivity index (χ2n) is 6.61. The average molecular weight is 292 g/mol. The van der Waals surface area contributed by atoms with Crippen molar-refractivity contribution >= 4 is 0 Å². The Bertz CT molecular complexity index is 540. The average Bonchev–Trinajstić information content (AvgIpc) is 2.62. The molecule has 2 aliphatic rings. The van der Waals surface area contributed by atoms with Gasteiger partial charge < -0.3 is 10.6 Å². The quantitative estimate of drug-likeness (QED) is 0.875. The Kier molecular flexibility index (Phi) is 3.96. The van der Waals surface area contributed by atoms with Crippen molar-refractivity contribution in [3.63, 3.8) is 0 Å². The predicted octanol–water partition coefficient (Wildman–Crippen LogP) is 3.97. The van der Waals surface area contributed by atoms with Gasteiger partial charge in [-0.05, 0) is 24.0 Å². The lowest BCUT2D eigenvalue weighted by molar-refractivity contribution is 0.168. The number of hydrogen-bond acceptors (Lipinski definition) is 2. The molecule has 0 bridgehead atoms. The minimum Gasteiger partial charge on any atom is -0.304 e. The van der Waals surface area contributed by atoms with Gasteiger partial charge in [-0.3, -0.25) is 0 Å². The molecular formula is C20H24N2. The van der Waals surface area contributed by atoms with Crippen molar-refractivity contribution in [2.45, 2.75) is 49.9 Å². The van der Waals surface area contributed by atoms with Crippen LogP contribution in [-0.4, -0.2) is 12.1 Å². The smallest absolute Gasteiger partial charge is 0.0521 e. The maximum absolute atomic E-state index is 3.96. The minimum absolute atomic E-state index is 0.350. The van der Waals surface area contributed by atoms with Gasteiger partial charge >= 0.3 is 0 Å². The van der Waals surface area contributed by atoms with Gasteiger partial charge in [-0.25, -0.2) is 0 Å². The zero-order chi connectivity index (χ0) is 14.8. The number of rotatable bonds is 2. The van der Waals surface area contributed by atoms with Gasteiger partial charge in [0, 0.05) is 12.1 Å². The third kappa shape index (κ3) is 2.69. The monoisotopic (exact) mass is 292 g/mol. The molecule has 2 heteroatoms. The zero-order valence-corrected chi connectivity index (χ0v) is 12.9. The van der Waals surface area contributed by atoms with Gasteiger partial charge in [-0.2, -0.15) is 0 Å². The van der Waals surface area contributed by atoms with Crippen molar-refractivity contribution in [2.24, 2.45) is 0 Å². The van der Waals surface area contributed by atoms with Gasteiger partial charge in [0.2, 0.25) is 0 Å². The van der Waals surface area contributed by atoms with E-state index >= 15 is 0 Å². The van der Waals surface area contributed by atoms with Gasteiger partial charge in [0.25, 0.3) is 0 Å². The first-order valence-electron chi connectivity index (χ1n) is 8.54. The highest BCUT2D eigenvalue weighted by Gasteiger charge is 2.38. The molecule has 2 nitrogen and oxygen atoms in total. The van der Waals surface area contributed by atoms with E-state index < -0.39 is 0 Å². The highest BCUT2D eigenvalue weighted by atomic mass is 15.2. The molecule has 0 unspecified atom stereocenters. The molecule has 2 aromatic carbocycles. The number of fused-ring (bicyclic) bond motifs is 1. The molecule has 1 saturated heterocycles. The van der Waals surface area contributed by atoms with Crippen LogP contribution in [0.1, 0.15) is 48.9 Å². The van der Waals surface area contributed by atoms with Crippen molar-refractivity contribution in [1.29, 1.82) is 0 Å². The predicted molar refractivity (Wildman–Crippen MR) is 90.7 cm³/mol. The van der Waals surface area contributed by atoms with Crippen molar-refractivity contribution < 1.29 is 0 Å². The fourth-order valence-electron chi connectivity index (χ4n) is 4.08. The molecule has 114 valence electrons. The molecule has 1 aliphatic heterocycles. The topological polar surface area (TPSA) is 24.1 Å². The van der Waals surface area contributed by atoms with Crippen LogP contribution < -0.4 is 10.6 Å². The first-order valence-corrected chi connectivity index (χ1v) is 8.54. The lowest BCUT2D eigenvalue weighted by Gasteiger charge is -2.46. The molecule has 2 fully saturated rings. The van der Waals surface area contributed by atoms with E-state index in [1.807, 2.05) is 0 Å². The summed E-state index contributed by atoms with van der Waals surface area (Å²) in [6, 6.07) is 23.7. The summed E-state index contributed by atoms with van der Waals surface area (Å²) in [5.41, 5.74) is 2.76. The van der Waals surface area contributed by atoms with E-state index in [4.69, 9.17) is 0 Å². The second kappa shape index (κ2) is 6.23. The third-order valence-corrected chi connectivity index (χ3v) is 5.20. The Morgan fingerprint density at radius 1 is 0.591 bits per heavy atom. The molecule has 1 heterocycles. The molecule has 1 aliphatic carbocycles. The van der Waals surface area contributed by atoms with Gasteiger partial charge in [-0.15, -0.1) is 0 Å². The lowest BCUT2D eigenvalue weighted by Crippen LogP contribution is -2.59. The van der Waals surface area contributed by atoms with Crippen LogP contribution in [0, 0.1) is 0 Å². The first-order chi connectivity index (χ1) is 10.9. The fourth-order valence-corrected chi connectivity index (χ4v) is 4.08. The summed E-state index contributed by atoms with van der Waals surface area (Å²) in [7, 11) is 0. The van der Waals surface area contributed by atoms with E-state index in [0.29, 0.717) is 24.2 Å². The summed E-state index contributed by atoms with van der Waals surface area (Å²) in [4.78, 5) is 0. The van der Waals surface area contributed by atoms with E-state index in [1.165, 1.54) is 36.8 Å². The third-order valence-electron chi connectivity index (χ3n) is 5.20. The van der Waals surface area contributed by atoms with Crippen LogP contribution in [-0.2, 0) is 0 Å². The summed E-state index contributed by atoms with van der Waals surface area (Å²) in [5, 5.41) is 7.92. The standard InChI is InChI=1S/C20H24N2/c1-3-9-15(10-4-1)19-20(16-11-5-2-6-12-16)22-18-14-8-7-13-17(18)21-19/h1-6,9-12,17-22H,7-8,13-14H2/t17-,18+,19-,20-/m1/s1. The van der Waals surface area contributed by atoms with E-state index in [1.54, 1.807) is 0 Å². The molecule has 0 amide bonds. The lowest BCUT2D eigenvalue weighted by atomic mass is 9.82. The SMILES string of the molecule is c1ccc([C@H]2N[C@H]3CCCC[C@H]3N[C@@H]2c2ccccc2)cc1. The number of piperazine rings is 1. The Balaban J connectivity index is 1.68. The molecule has 1 saturated carbocycles. The Morgan fingerprint density at radius 3 is 1.41 bits per heavy atom. The summed E-state index contributed by atoms with van der Waals surface area (Å²) in [6.07, 6.45) is 5.30. The van der Waals surface area contributed by atoms with Crippen LogP contribution in [0.4, 0.5) is 0 Å². The Hall–Kier alpha value is -1.64. The van der Waals surface area contributed by atoms with Gasteiger partial charge in [0.15, 0.2) is 0 Å². The maximum atomic E-state index is 3.96. The summed E-state index contributed by atoms with van der Waals surface area (Å²) in [5.74, 6) is 0. The van der Waals surface area contributed by atoms with Crippen molar-refractivity contribution in [1.82, 2.24) is 10.6 Å². The Morgan fingerprint density at radius 2 is 1.00 bits per heavy atom. The highest BCUT2D eigenvalue weighted by molar-refractivity contribution is 5.29. The van der Waals surface area contributed by atoms with Crippen LogP contribution in [0.3, 0.4) is 0 Å². The normalized spacial score (nSPS) is 31.5. The molecule has 2 aromatic rings. The first kappa shape index (κ1) is 14.0. The van der Waals surface area contributed by atoms with Gasteiger partial charge in [0.1, 0.15) is 0 Å². The number of hydrogen-bond donors (Lipinski definition) is 2. The minimum atomic E-state index is 0.350. The second-order valence-corrected chi connectivity index (χ2v) is 6.61. The van der Waals surface area contributed by atoms with Crippen LogP contribution in [0.5, 0.6) is 0 Å². The fraction of sp³-hybridized carbons (Fsp3) is 0.400. The highest BCUT2D eigenvalue weighted by Crippen LogP contribution is 2.36. The van der Waals surface area contributed by atoms with Crippen molar-refractivity contribution in [3.05, 3.63) is 71.8 Å². The van der Waals surface area contributed by atoms with E-state index in [-0.39, 0.29) is 0 Å². The van der Waals surface area contributed by atoms with Gasteiger partial charge in [-0.1, -0.05) is 73.5 Å². The molecule has 0 radical (unpaired) electrons. The van der Waals surface area contributed by atoms with E-state index in [0.717, 1.165) is 0 Å².